The van der Waals surface area contributed by atoms with Crippen molar-refractivity contribution in [1.82, 2.24) is 4.90 Å². The number of hydrogen-bond acceptors (Lipinski definition) is 7. The summed E-state index contributed by atoms with van der Waals surface area (Å²) in [5.74, 6) is -0.893. The molecule has 3 N–H and O–H groups in total. The molecule has 0 bridgehead atoms. The minimum atomic E-state index is -0.829. The van der Waals surface area contributed by atoms with E-state index in [1.165, 1.54) is 16.2 Å². The van der Waals surface area contributed by atoms with Crippen LogP contribution in [-0.2, 0) is 22.7 Å². The van der Waals surface area contributed by atoms with E-state index in [-0.39, 0.29) is 37.5 Å². The normalized spacial score (nSPS) is 23.1. The SMILES string of the molecule is CCC/C(=C\c1ccc(CO)o1)CC[C@@H](O)C1=C(C(C)C)C[C@H]2C(=O)N(Cc3cccs3)C(=O)[C@H]2[C@H]1CO. The van der Waals surface area contributed by atoms with E-state index in [1.807, 2.05) is 43.5 Å². The Morgan fingerprint density at radius 3 is 2.58 bits per heavy atom. The fourth-order valence-electron chi connectivity index (χ4n) is 6.05. The lowest BCUT2D eigenvalue weighted by Gasteiger charge is -2.38. The number of carbonyl (C=O) groups excluding carboxylic acids is 2. The minimum absolute atomic E-state index is 0.0783. The summed E-state index contributed by atoms with van der Waals surface area (Å²) in [5, 5.41) is 33.2. The summed E-state index contributed by atoms with van der Waals surface area (Å²) in [7, 11) is 0. The second-order valence-electron chi connectivity index (χ2n) is 10.7. The summed E-state index contributed by atoms with van der Waals surface area (Å²) < 4.78 is 5.63. The number of rotatable bonds is 12. The maximum atomic E-state index is 13.5. The Bertz CT molecular complexity index is 1180. The molecule has 0 saturated carbocycles. The van der Waals surface area contributed by atoms with Gasteiger partial charge in [-0.05, 0) is 66.8 Å². The summed E-state index contributed by atoms with van der Waals surface area (Å²) in [4.78, 5) is 29.2. The van der Waals surface area contributed by atoms with Gasteiger partial charge in [0.25, 0.3) is 0 Å². The first kappa shape index (κ1) is 28.5. The Morgan fingerprint density at radius 2 is 1.97 bits per heavy atom. The molecule has 0 unspecified atom stereocenters. The highest BCUT2D eigenvalue weighted by Gasteiger charge is 2.55. The van der Waals surface area contributed by atoms with Crippen LogP contribution in [-0.4, -0.2) is 44.7 Å². The molecule has 2 aromatic rings. The first-order valence-electron chi connectivity index (χ1n) is 13.6. The van der Waals surface area contributed by atoms with Gasteiger partial charge in [0.1, 0.15) is 18.1 Å². The number of nitrogens with zero attached hydrogens (tertiary/aromatic N) is 1. The van der Waals surface area contributed by atoms with Crippen LogP contribution in [0.15, 0.2) is 50.8 Å². The first-order valence-corrected chi connectivity index (χ1v) is 14.4. The Labute approximate surface area is 228 Å². The number of furan rings is 1. The molecule has 1 fully saturated rings. The summed E-state index contributed by atoms with van der Waals surface area (Å²) in [6, 6.07) is 7.39. The lowest BCUT2D eigenvalue weighted by atomic mass is 9.66. The van der Waals surface area contributed by atoms with Crippen LogP contribution >= 0.6 is 11.3 Å². The predicted molar refractivity (Wildman–Crippen MR) is 147 cm³/mol. The fraction of sp³-hybridized carbons (Fsp3) is 0.533. The molecule has 206 valence electrons. The van der Waals surface area contributed by atoms with E-state index < -0.39 is 23.9 Å². The molecule has 38 heavy (non-hydrogen) atoms. The number of hydrogen-bond donors (Lipinski definition) is 3. The number of aliphatic hydroxyl groups excluding tert-OH is 3. The average Bonchev–Trinajstić information content (AvgIpc) is 3.64. The monoisotopic (exact) mass is 541 g/mol. The van der Waals surface area contributed by atoms with Crippen LogP contribution in [0.5, 0.6) is 0 Å². The van der Waals surface area contributed by atoms with Gasteiger partial charge in [-0.1, -0.05) is 44.4 Å². The molecule has 1 aliphatic heterocycles. The highest BCUT2D eigenvalue weighted by Crippen LogP contribution is 2.48. The van der Waals surface area contributed by atoms with Crippen LogP contribution in [0.3, 0.4) is 0 Å². The largest absolute Gasteiger partial charge is 0.459 e. The molecule has 7 nitrogen and oxygen atoms in total. The van der Waals surface area contributed by atoms with Gasteiger partial charge in [0, 0.05) is 10.8 Å². The number of thiophene rings is 1. The molecule has 8 heteroatoms. The van der Waals surface area contributed by atoms with Crippen molar-refractivity contribution in [2.45, 2.75) is 72.1 Å². The van der Waals surface area contributed by atoms with E-state index >= 15 is 0 Å². The quantitative estimate of drug-likeness (QED) is 0.260. The molecule has 3 heterocycles. The number of allylic oxidation sites excluding steroid dienone is 2. The van der Waals surface area contributed by atoms with Gasteiger partial charge in [-0.3, -0.25) is 14.5 Å². The van der Waals surface area contributed by atoms with E-state index in [0.29, 0.717) is 30.8 Å². The molecule has 1 saturated heterocycles. The molecule has 2 aromatic heterocycles. The minimum Gasteiger partial charge on any atom is -0.459 e. The molecule has 0 aromatic carbocycles. The molecule has 2 amide bonds. The maximum absolute atomic E-state index is 13.5. The van der Waals surface area contributed by atoms with Crippen LogP contribution in [0.2, 0.25) is 0 Å². The van der Waals surface area contributed by atoms with Crippen molar-refractivity contribution in [3.63, 3.8) is 0 Å². The number of likely N-dealkylation sites (tertiary alicyclic amines) is 1. The third kappa shape index (κ3) is 5.88. The number of fused-ring (bicyclic) bond motifs is 1. The highest BCUT2D eigenvalue weighted by atomic mass is 32.1. The van der Waals surface area contributed by atoms with Gasteiger partial charge in [-0.25, -0.2) is 0 Å². The summed E-state index contributed by atoms with van der Waals surface area (Å²) in [6.45, 7) is 5.99. The van der Waals surface area contributed by atoms with Crippen molar-refractivity contribution in [1.29, 1.82) is 0 Å². The summed E-state index contributed by atoms with van der Waals surface area (Å²) >= 11 is 1.51. The van der Waals surface area contributed by atoms with Gasteiger partial charge in [0.05, 0.1) is 31.1 Å². The van der Waals surface area contributed by atoms with Gasteiger partial charge in [-0.15, -0.1) is 11.3 Å². The molecule has 1 aliphatic carbocycles. The van der Waals surface area contributed by atoms with Gasteiger partial charge in [0.15, 0.2) is 0 Å². The van der Waals surface area contributed by atoms with Gasteiger partial charge < -0.3 is 19.7 Å². The van der Waals surface area contributed by atoms with E-state index in [9.17, 15) is 24.9 Å². The Balaban J connectivity index is 1.57. The molecule has 4 rings (SSSR count). The van der Waals surface area contributed by atoms with Crippen LogP contribution in [0, 0.1) is 23.7 Å². The molecular formula is C30H39NO6S. The molecule has 2 aliphatic rings. The van der Waals surface area contributed by atoms with Crippen LogP contribution < -0.4 is 0 Å². The van der Waals surface area contributed by atoms with Crippen molar-refractivity contribution in [3.8, 4) is 0 Å². The Kier molecular flexibility index (Phi) is 9.41. The third-order valence-corrected chi connectivity index (χ3v) is 8.71. The van der Waals surface area contributed by atoms with E-state index in [0.717, 1.165) is 34.4 Å². The van der Waals surface area contributed by atoms with Gasteiger partial charge in [-0.2, -0.15) is 0 Å². The first-order chi connectivity index (χ1) is 18.3. The van der Waals surface area contributed by atoms with Crippen molar-refractivity contribution in [2.24, 2.45) is 23.7 Å². The van der Waals surface area contributed by atoms with Gasteiger partial charge >= 0.3 is 0 Å². The Morgan fingerprint density at radius 1 is 1.18 bits per heavy atom. The fourth-order valence-corrected chi connectivity index (χ4v) is 6.74. The number of amides is 2. The smallest absolute Gasteiger partial charge is 0.234 e. The summed E-state index contributed by atoms with van der Waals surface area (Å²) in [6.07, 6.45) is 4.43. The topological polar surface area (TPSA) is 111 Å². The lowest BCUT2D eigenvalue weighted by Crippen LogP contribution is -2.39. The molecular weight excluding hydrogens is 502 g/mol. The van der Waals surface area contributed by atoms with Crippen molar-refractivity contribution >= 4 is 29.2 Å². The zero-order chi connectivity index (χ0) is 27.4. The van der Waals surface area contributed by atoms with Gasteiger partial charge in [0.2, 0.25) is 11.8 Å². The highest BCUT2D eigenvalue weighted by molar-refractivity contribution is 7.09. The molecule has 0 radical (unpaired) electrons. The third-order valence-electron chi connectivity index (χ3n) is 7.85. The second kappa shape index (κ2) is 12.6. The molecule has 4 atom stereocenters. The van der Waals surface area contributed by atoms with E-state index in [2.05, 4.69) is 6.92 Å². The second-order valence-corrected chi connectivity index (χ2v) is 11.7. The number of carbonyl (C=O) groups is 2. The van der Waals surface area contributed by atoms with Crippen molar-refractivity contribution < 1.29 is 29.3 Å². The number of imide groups is 1. The van der Waals surface area contributed by atoms with Crippen LogP contribution in [0.1, 0.15) is 69.3 Å². The van der Waals surface area contributed by atoms with Crippen LogP contribution in [0.4, 0.5) is 0 Å². The standard InChI is InChI=1S/C30H39NO6S/c1-4-6-19(13-20-9-10-21(16-32)37-20)8-11-26(34)27-23(18(2)3)14-24-28(25(27)17-33)30(36)31(29(24)35)15-22-7-5-12-38-22/h5,7,9-10,12-13,18,24-26,28,32-34H,4,6,8,11,14-17H2,1-3H3/b19-13+/t24-,25+,26-,28-/m1/s1. The van der Waals surface area contributed by atoms with E-state index in [1.54, 1.807) is 6.07 Å². The maximum Gasteiger partial charge on any atom is 0.234 e. The zero-order valence-electron chi connectivity index (χ0n) is 22.4. The predicted octanol–water partition coefficient (Wildman–Crippen LogP) is 4.92. The zero-order valence-corrected chi connectivity index (χ0v) is 23.2. The summed E-state index contributed by atoms with van der Waals surface area (Å²) in [5.41, 5.74) is 2.84. The van der Waals surface area contributed by atoms with Crippen molar-refractivity contribution in [2.75, 3.05) is 6.61 Å². The number of aliphatic hydroxyl groups is 3. The van der Waals surface area contributed by atoms with Crippen LogP contribution in [0.25, 0.3) is 6.08 Å². The van der Waals surface area contributed by atoms with E-state index in [4.69, 9.17) is 4.42 Å². The lowest BCUT2D eigenvalue weighted by molar-refractivity contribution is -0.140. The molecule has 0 spiro atoms. The average molecular weight is 542 g/mol. The Hall–Kier alpha value is -2.52. The van der Waals surface area contributed by atoms with Crippen molar-refractivity contribution in [3.05, 3.63) is 62.8 Å².